The third-order valence-corrected chi connectivity index (χ3v) is 5.80. The molecule has 0 radical (unpaired) electrons. The van der Waals surface area contributed by atoms with Crippen molar-refractivity contribution in [2.45, 2.75) is 40.5 Å². The normalized spacial score (nSPS) is 11.6. The van der Waals surface area contributed by atoms with E-state index in [9.17, 15) is 0 Å². The molecule has 29 heavy (non-hydrogen) atoms. The molecule has 0 spiro atoms. The Bertz CT molecular complexity index is 1120. The molecular formula is C26H31N3. The summed E-state index contributed by atoms with van der Waals surface area (Å²) in [6, 6.07) is 19.5. The van der Waals surface area contributed by atoms with E-state index in [-0.39, 0.29) is 0 Å². The van der Waals surface area contributed by atoms with E-state index < -0.39 is 0 Å². The van der Waals surface area contributed by atoms with Gasteiger partial charge in [-0.2, -0.15) is 0 Å². The molecule has 0 aliphatic carbocycles. The molecule has 0 bridgehead atoms. The van der Waals surface area contributed by atoms with Gasteiger partial charge in [0.05, 0.1) is 0 Å². The number of imidazole rings is 1. The number of aromatic nitrogens is 2. The number of anilines is 1. The maximum atomic E-state index is 5.24. The molecular weight excluding hydrogens is 354 g/mol. The minimum atomic E-state index is 0.676. The van der Waals surface area contributed by atoms with E-state index >= 15 is 0 Å². The second kappa shape index (κ2) is 8.28. The maximum absolute atomic E-state index is 5.24. The maximum Gasteiger partial charge on any atom is 0.147 e. The van der Waals surface area contributed by atoms with Crippen molar-refractivity contribution in [1.82, 2.24) is 9.38 Å². The van der Waals surface area contributed by atoms with Crippen LogP contribution in [-0.2, 0) is 6.42 Å². The molecule has 2 aromatic heterocycles. The monoisotopic (exact) mass is 385 g/mol. The Hall–Kier alpha value is -2.81. The lowest BCUT2D eigenvalue weighted by Crippen LogP contribution is -2.26. The zero-order chi connectivity index (χ0) is 20.4. The molecule has 150 valence electrons. The van der Waals surface area contributed by atoms with E-state index in [4.69, 9.17) is 4.98 Å². The highest BCUT2D eigenvalue weighted by atomic mass is 15.2. The van der Waals surface area contributed by atoms with Crippen LogP contribution in [0.4, 0.5) is 5.82 Å². The van der Waals surface area contributed by atoms with E-state index in [0.717, 1.165) is 30.9 Å². The van der Waals surface area contributed by atoms with Gasteiger partial charge in [0.1, 0.15) is 17.2 Å². The first-order valence-corrected chi connectivity index (χ1v) is 10.9. The number of hydrogen-bond acceptors (Lipinski definition) is 2. The predicted octanol–water partition coefficient (Wildman–Crippen LogP) is 6.59. The molecule has 0 fully saturated rings. The van der Waals surface area contributed by atoms with E-state index in [0.29, 0.717) is 5.92 Å². The van der Waals surface area contributed by atoms with Gasteiger partial charge in [0.2, 0.25) is 0 Å². The molecule has 4 aromatic rings. The molecule has 0 atom stereocenters. The lowest BCUT2D eigenvalue weighted by atomic mass is 10.0. The summed E-state index contributed by atoms with van der Waals surface area (Å²) in [5.74, 6) is 1.89. The Balaban J connectivity index is 2.01. The van der Waals surface area contributed by atoms with Crippen molar-refractivity contribution in [3.63, 3.8) is 0 Å². The van der Waals surface area contributed by atoms with Crippen molar-refractivity contribution in [2.75, 3.05) is 18.0 Å². The van der Waals surface area contributed by atoms with E-state index in [2.05, 4.69) is 97.8 Å². The smallest absolute Gasteiger partial charge is 0.147 e. The average Bonchev–Trinajstić information content (AvgIpc) is 3.14. The van der Waals surface area contributed by atoms with Crippen LogP contribution >= 0.6 is 0 Å². The second-order valence-electron chi connectivity index (χ2n) is 8.15. The highest BCUT2D eigenvalue weighted by Gasteiger charge is 2.21. The van der Waals surface area contributed by atoms with Crippen molar-refractivity contribution >= 4 is 22.2 Å². The quantitative estimate of drug-likeness (QED) is 0.358. The van der Waals surface area contributed by atoms with Crippen LogP contribution in [0.25, 0.3) is 27.7 Å². The minimum Gasteiger partial charge on any atom is -0.356 e. The number of rotatable bonds is 7. The van der Waals surface area contributed by atoms with Gasteiger partial charge in [-0.15, -0.1) is 0 Å². The summed E-state index contributed by atoms with van der Waals surface area (Å²) in [7, 11) is 0. The summed E-state index contributed by atoms with van der Waals surface area (Å²) < 4.78 is 2.30. The number of hydrogen-bond donors (Lipinski definition) is 0. The largest absolute Gasteiger partial charge is 0.356 e. The molecule has 2 heterocycles. The summed E-state index contributed by atoms with van der Waals surface area (Å²) in [4.78, 5) is 7.73. The van der Waals surface area contributed by atoms with Crippen LogP contribution in [0, 0.1) is 5.92 Å². The Morgan fingerprint density at radius 1 is 0.966 bits per heavy atom. The van der Waals surface area contributed by atoms with Gasteiger partial charge in [0.15, 0.2) is 0 Å². The fraction of sp³-hybridized carbons (Fsp3) is 0.346. The van der Waals surface area contributed by atoms with Gasteiger partial charge >= 0.3 is 0 Å². The molecule has 0 saturated carbocycles. The van der Waals surface area contributed by atoms with Crippen LogP contribution in [0.1, 0.15) is 39.7 Å². The number of nitrogens with zero attached hydrogens (tertiary/aromatic N) is 3. The third kappa shape index (κ3) is 3.62. The first-order valence-electron chi connectivity index (χ1n) is 10.9. The van der Waals surface area contributed by atoms with Gasteiger partial charge in [-0.1, -0.05) is 69.3 Å². The third-order valence-electron chi connectivity index (χ3n) is 5.80. The average molecular weight is 386 g/mol. The lowest BCUT2D eigenvalue weighted by Gasteiger charge is -2.25. The number of fused-ring (bicyclic) bond motifs is 3. The first-order chi connectivity index (χ1) is 14.1. The van der Waals surface area contributed by atoms with Crippen LogP contribution in [0.15, 0.2) is 60.8 Å². The molecule has 2 aromatic carbocycles. The lowest BCUT2D eigenvalue weighted by molar-refractivity contribution is 0.574. The zero-order valence-corrected chi connectivity index (χ0v) is 18.0. The van der Waals surface area contributed by atoms with Crippen molar-refractivity contribution in [1.29, 1.82) is 0 Å². The van der Waals surface area contributed by atoms with Crippen LogP contribution in [0.2, 0.25) is 0 Å². The first kappa shape index (κ1) is 19.5. The van der Waals surface area contributed by atoms with Crippen LogP contribution < -0.4 is 4.90 Å². The number of benzene rings is 2. The Labute approximate surface area is 174 Å². The van der Waals surface area contributed by atoms with Crippen LogP contribution in [0.3, 0.4) is 0 Å². The summed E-state index contributed by atoms with van der Waals surface area (Å²) in [5.41, 5.74) is 4.74. The second-order valence-corrected chi connectivity index (χ2v) is 8.15. The van der Waals surface area contributed by atoms with Gasteiger partial charge in [-0.25, -0.2) is 4.98 Å². The summed E-state index contributed by atoms with van der Waals surface area (Å²) in [5, 5.41) is 2.44. The van der Waals surface area contributed by atoms with E-state index in [1.165, 1.54) is 34.1 Å². The standard InChI is InChI=1S/C26H31N3/c1-5-20-11-7-9-13-22(20)24-26(28(6-2)17-15-19(3)4)29-18-16-21-12-8-10-14-23(21)25(29)27-24/h7-14,16,18-19H,5-6,15,17H2,1-4H3. The van der Waals surface area contributed by atoms with Crippen LogP contribution in [-0.4, -0.2) is 22.5 Å². The Morgan fingerprint density at radius 3 is 2.48 bits per heavy atom. The Kier molecular flexibility index (Phi) is 5.57. The van der Waals surface area contributed by atoms with Gasteiger partial charge in [-0.3, -0.25) is 4.40 Å². The van der Waals surface area contributed by atoms with Crippen molar-refractivity contribution in [2.24, 2.45) is 5.92 Å². The highest BCUT2D eigenvalue weighted by Crippen LogP contribution is 2.36. The molecule has 3 heteroatoms. The van der Waals surface area contributed by atoms with Crippen molar-refractivity contribution < 1.29 is 0 Å². The SMILES string of the molecule is CCc1ccccc1-c1nc2c3ccccc3ccn2c1N(CC)CCC(C)C. The van der Waals surface area contributed by atoms with Gasteiger partial charge in [-0.05, 0) is 42.7 Å². The molecule has 0 aliphatic heterocycles. The molecule has 0 unspecified atom stereocenters. The van der Waals surface area contributed by atoms with Gasteiger partial charge in [0, 0.05) is 30.2 Å². The topological polar surface area (TPSA) is 20.5 Å². The van der Waals surface area contributed by atoms with Gasteiger partial charge < -0.3 is 4.90 Å². The fourth-order valence-corrected chi connectivity index (χ4v) is 4.13. The predicted molar refractivity (Wildman–Crippen MR) is 125 cm³/mol. The summed E-state index contributed by atoms with van der Waals surface area (Å²) in [6.45, 7) is 11.1. The molecule has 3 nitrogen and oxygen atoms in total. The van der Waals surface area contributed by atoms with Gasteiger partial charge in [0.25, 0.3) is 0 Å². The highest BCUT2D eigenvalue weighted by molar-refractivity contribution is 5.96. The summed E-state index contributed by atoms with van der Waals surface area (Å²) in [6.07, 6.45) is 4.36. The summed E-state index contributed by atoms with van der Waals surface area (Å²) >= 11 is 0. The van der Waals surface area contributed by atoms with Crippen LogP contribution in [0.5, 0.6) is 0 Å². The number of pyridine rings is 1. The van der Waals surface area contributed by atoms with E-state index in [1.54, 1.807) is 0 Å². The zero-order valence-electron chi connectivity index (χ0n) is 18.0. The molecule has 0 N–H and O–H groups in total. The molecule has 0 saturated heterocycles. The van der Waals surface area contributed by atoms with Crippen molar-refractivity contribution in [3.8, 4) is 11.3 Å². The van der Waals surface area contributed by atoms with E-state index in [1.807, 2.05) is 0 Å². The van der Waals surface area contributed by atoms with Crippen molar-refractivity contribution in [3.05, 3.63) is 66.4 Å². The number of aryl methyl sites for hydroxylation is 1. The molecule has 0 amide bonds. The minimum absolute atomic E-state index is 0.676. The Morgan fingerprint density at radius 2 is 1.72 bits per heavy atom. The molecule has 4 rings (SSSR count). The fourth-order valence-electron chi connectivity index (χ4n) is 4.13. The molecule has 0 aliphatic rings.